The van der Waals surface area contributed by atoms with E-state index in [1.54, 1.807) is 25.2 Å². The van der Waals surface area contributed by atoms with E-state index >= 15 is 0 Å². The van der Waals surface area contributed by atoms with Crippen LogP contribution >= 0.6 is 0 Å². The van der Waals surface area contributed by atoms with Crippen LogP contribution in [-0.4, -0.2) is 37.8 Å². The van der Waals surface area contributed by atoms with Crippen LogP contribution in [0.3, 0.4) is 0 Å². The molecule has 1 aromatic rings. The van der Waals surface area contributed by atoms with Gasteiger partial charge in [-0.2, -0.15) is 0 Å². The van der Waals surface area contributed by atoms with Crippen LogP contribution < -0.4 is 15.0 Å². The Morgan fingerprint density at radius 1 is 1.22 bits per heavy atom. The number of rotatable bonds is 7. The molecule has 1 aliphatic carbocycles. The molecule has 1 aliphatic heterocycles. The molecule has 6 nitrogen and oxygen atoms in total. The van der Waals surface area contributed by atoms with Crippen molar-refractivity contribution in [2.24, 2.45) is 0 Å². The maximum atomic E-state index is 12.4. The molecule has 27 heavy (non-hydrogen) atoms. The average molecular weight is 370 g/mol. The molecule has 0 saturated carbocycles. The number of ketones is 1. The Morgan fingerprint density at radius 2 is 2.07 bits per heavy atom. The van der Waals surface area contributed by atoms with Crippen LogP contribution in [0.1, 0.15) is 55.3 Å². The van der Waals surface area contributed by atoms with Gasteiger partial charge in [0, 0.05) is 32.0 Å². The lowest BCUT2D eigenvalue weighted by Crippen LogP contribution is -2.35. The number of likely N-dealkylation sites (N-methyl/N-ethyl adjacent to an activating group) is 1. The summed E-state index contributed by atoms with van der Waals surface area (Å²) in [6.45, 7) is 0.635. The second-order valence-electron chi connectivity index (χ2n) is 7.06. The maximum Gasteiger partial charge on any atom is 0.264 e. The summed E-state index contributed by atoms with van der Waals surface area (Å²) in [7, 11) is 1.66. The number of ether oxygens (including phenoxy) is 1. The van der Waals surface area contributed by atoms with Crippen LogP contribution in [-0.2, 0) is 9.59 Å². The first-order valence-electron chi connectivity index (χ1n) is 9.56. The van der Waals surface area contributed by atoms with Gasteiger partial charge in [-0.25, -0.2) is 0 Å². The maximum absolute atomic E-state index is 12.4. The van der Waals surface area contributed by atoms with Crippen molar-refractivity contribution in [2.45, 2.75) is 44.9 Å². The highest BCUT2D eigenvalue weighted by atomic mass is 16.5. The second-order valence-corrected chi connectivity index (χ2v) is 7.06. The zero-order chi connectivity index (χ0) is 19.2. The van der Waals surface area contributed by atoms with E-state index in [0.717, 1.165) is 19.3 Å². The molecule has 1 aromatic carbocycles. The van der Waals surface area contributed by atoms with E-state index < -0.39 is 0 Å². The molecule has 0 radical (unpaired) electrons. The molecule has 0 aromatic heterocycles. The van der Waals surface area contributed by atoms with Gasteiger partial charge in [0.15, 0.2) is 12.4 Å². The second kappa shape index (κ2) is 8.84. The van der Waals surface area contributed by atoms with Gasteiger partial charge < -0.3 is 15.0 Å². The van der Waals surface area contributed by atoms with Crippen LogP contribution in [0, 0.1) is 0 Å². The molecular weight excluding hydrogens is 344 g/mol. The van der Waals surface area contributed by atoms with Gasteiger partial charge in [-0.05, 0) is 50.3 Å². The molecule has 2 aliphatic rings. The lowest BCUT2D eigenvalue weighted by molar-refractivity contribution is -0.121. The molecular formula is C21H26N2O4. The van der Waals surface area contributed by atoms with Gasteiger partial charge in [-0.15, -0.1) is 0 Å². The topological polar surface area (TPSA) is 75.7 Å². The zero-order valence-corrected chi connectivity index (χ0v) is 15.8. The summed E-state index contributed by atoms with van der Waals surface area (Å²) in [5, 5.41) is 2.89. The minimum atomic E-state index is -0.153. The predicted octanol–water partition coefficient (Wildman–Crippen LogP) is 3.01. The first-order chi connectivity index (χ1) is 13.0. The number of allylic oxidation sites excluding steroid dienone is 1. The normalized spacial score (nSPS) is 16.3. The van der Waals surface area contributed by atoms with Crippen LogP contribution in [0.5, 0.6) is 5.75 Å². The number of fused-ring (bicyclic) bond motifs is 1. The largest absolute Gasteiger partial charge is 0.482 e. The quantitative estimate of drug-likeness (QED) is 0.591. The summed E-state index contributed by atoms with van der Waals surface area (Å²) in [5.74, 6) is 0.214. The number of nitrogens with one attached hydrogen (secondary N) is 1. The number of amides is 2. The number of anilines is 1. The van der Waals surface area contributed by atoms with Crippen molar-refractivity contribution in [3.05, 3.63) is 35.4 Å². The highest BCUT2D eigenvalue weighted by Crippen LogP contribution is 2.32. The van der Waals surface area contributed by atoms with E-state index in [4.69, 9.17) is 4.74 Å². The van der Waals surface area contributed by atoms with Gasteiger partial charge >= 0.3 is 0 Å². The van der Waals surface area contributed by atoms with Crippen molar-refractivity contribution in [3.8, 4) is 5.75 Å². The Morgan fingerprint density at radius 3 is 2.85 bits per heavy atom. The van der Waals surface area contributed by atoms with Gasteiger partial charge in [0.2, 0.25) is 5.91 Å². The lowest BCUT2D eigenvalue weighted by atomic mass is 9.97. The fraction of sp³-hybridized carbons (Fsp3) is 0.476. The highest BCUT2D eigenvalue weighted by Gasteiger charge is 2.23. The molecule has 0 fully saturated rings. The molecule has 6 heteroatoms. The Kier molecular flexibility index (Phi) is 6.27. The summed E-state index contributed by atoms with van der Waals surface area (Å²) >= 11 is 0. The zero-order valence-electron chi connectivity index (χ0n) is 15.8. The standard InChI is InChI=1S/C21H26N2O4/c1-23-17-13-16(7-9-19(17)27-14-21(23)26)18(24)8-10-20(25)22-12-11-15-5-3-2-4-6-15/h5,7,9,13H,2-4,6,8,10-12,14H2,1H3,(H,22,25). The van der Waals surface area contributed by atoms with Crippen molar-refractivity contribution < 1.29 is 19.1 Å². The monoisotopic (exact) mass is 370 g/mol. The van der Waals surface area contributed by atoms with Crippen molar-refractivity contribution >= 4 is 23.3 Å². The average Bonchev–Trinajstić information content (AvgIpc) is 2.69. The number of Topliss-reactive ketones (excluding diaryl/α,β-unsaturated/α-hetero) is 1. The smallest absolute Gasteiger partial charge is 0.264 e. The molecule has 0 atom stereocenters. The molecule has 2 amide bonds. The van der Waals surface area contributed by atoms with Gasteiger partial charge in [-0.1, -0.05) is 11.6 Å². The summed E-state index contributed by atoms with van der Waals surface area (Å²) in [6, 6.07) is 5.03. The molecule has 1 N–H and O–H groups in total. The summed E-state index contributed by atoms with van der Waals surface area (Å²) in [5.41, 5.74) is 2.49. The number of hydrogen-bond acceptors (Lipinski definition) is 4. The molecule has 0 unspecified atom stereocenters. The number of carbonyl (C=O) groups excluding carboxylic acids is 3. The van der Waals surface area contributed by atoms with E-state index in [0.29, 0.717) is 23.5 Å². The summed E-state index contributed by atoms with van der Waals surface area (Å²) < 4.78 is 5.36. The van der Waals surface area contributed by atoms with Gasteiger partial charge in [-0.3, -0.25) is 14.4 Å². The third-order valence-corrected chi connectivity index (χ3v) is 5.10. The third kappa shape index (κ3) is 4.96. The number of carbonyl (C=O) groups is 3. The van der Waals surface area contributed by atoms with Crippen LogP contribution in [0.4, 0.5) is 5.69 Å². The first-order valence-corrected chi connectivity index (χ1v) is 9.56. The van der Waals surface area contributed by atoms with E-state index in [2.05, 4.69) is 11.4 Å². The number of nitrogens with zero attached hydrogens (tertiary/aromatic N) is 1. The fourth-order valence-electron chi connectivity index (χ4n) is 3.40. The van der Waals surface area contributed by atoms with Gasteiger partial charge in [0.05, 0.1) is 5.69 Å². The van der Waals surface area contributed by atoms with Crippen LogP contribution in [0.2, 0.25) is 0 Å². The van der Waals surface area contributed by atoms with E-state index in [-0.39, 0.29) is 37.0 Å². The number of benzene rings is 1. The van der Waals surface area contributed by atoms with E-state index in [9.17, 15) is 14.4 Å². The van der Waals surface area contributed by atoms with E-state index in [1.807, 2.05) is 0 Å². The fourth-order valence-corrected chi connectivity index (χ4v) is 3.40. The van der Waals surface area contributed by atoms with Crippen LogP contribution in [0.15, 0.2) is 29.8 Å². The number of hydrogen-bond donors (Lipinski definition) is 1. The summed E-state index contributed by atoms with van der Waals surface area (Å²) in [6.07, 6.45) is 8.26. The van der Waals surface area contributed by atoms with Crippen molar-refractivity contribution in [1.82, 2.24) is 5.32 Å². The molecule has 3 rings (SSSR count). The van der Waals surface area contributed by atoms with Crippen LogP contribution in [0.25, 0.3) is 0 Å². The van der Waals surface area contributed by atoms with Crippen molar-refractivity contribution in [1.29, 1.82) is 0 Å². The molecule has 144 valence electrons. The summed E-state index contributed by atoms with van der Waals surface area (Å²) in [4.78, 5) is 37.6. The highest BCUT2D eigenvalue weighted by molar-refractivity contribution is 6.02. The van der Waals surface area contributed by atoms with Gasteiger partial charge in [0.1, 0.15) is 5.75 Å². The first kappa shape index (κ1) is 19.1. The Bertz CT molecular complexity index is 769. The van der Waals surface area contributed by atoms with Crippen molar-refractivity contribution in [3.63, 3.8) is 0 Å². The van der Waals surface area contributed by atoms with Gasteiger partial charge in [0.25, 0.3) is 5.91 Å². The molecule has 0 bridgehead atoms. The van der Waals surface area contributed by atoms with E-state index in [1.165, 1.54) is 23.3 Å². The Labute approximate surface area is 159 Å². The third-order valence-electron chi connectivity index (χ3n) is 5.10. The Hall–Kier alpha value is -2.63. The Balaban J connectivity index is 1.47. The minimum Gasteiger partial charge on any atom is -0.482 e. The van der Waals surface area contributed by atoms with Crippen molar-refractivity contribution in [2.75, 3.05) is 25.1 Å². The SMILES string of the molecule is CN1C(=O)COc2ccc(C(=O)CCC(=O)NCCC3=CCCCC3)cc21. The molecule has 1 heterocycles. The predicted molar refractivity (Wildman–Crippen MR) is 103 cm³/mol. The lowest BCUT2D eigenvalue weighted by Gasteiger charge is -2.26. The molecule has 0 spiro atoms. The minimum absolute atomic E-state index is 0.00780. The molecule has 0 saturated heterocycles.